The summed E-state index contributed by atoms with van der Waals surface area (Å²) in [5.74, 6) is 2.59. The fourth-order valence-electron chi connectivity index (χ4n) is 4.96. The van der Waals surface area contributed by atoms with Crippen LogP contribution in [0.2, 0.25) is 5.02 Å². The van der Waals surface area contributed by atoms with Crippen LogP contribution in [0.4, 0.5) is 5.95 Å². The number of rotatable bonds is 4. The summed E-state index contributed by atoms with van der Waals surface area (Å²) in [4.78, 5) is 26.8. The van der Waals surface area contributed by atoms with Gasteiger partial charge in [-0.25, -0.2) is 9.97 Å². The summed E-state index contributed by atoms with van der Waals surface area (Å²) in [6.45, 7) is 4.69. The van der Waals surface area contributed by atoms with Crippen LogP contribution in [-0.2, 0) is 13.0 Å². The van der Waals surface area contributed by atoms with E-state index >= 15 is 0 Å². The van der Waals surface area contributed by atoms with Crippen molar-refractivity contribution in [2.45, 2.75) is 25.3 Å². The Morgan fingerprint density at radius 3 is 2.59 bits per heavy atom. The molecule has 6 rings (SSSR count). The largest absolute Gasteiger partial charge is 0.454 e. The van der Waals surface area contributed by atoms with Crippen molar-refractivity contribution in [3.8, 4) is 11.5 Å². The minimum atomic E-state index is 0.112. The number of piperazine rings is 1. The lowest BCUT2D eigenvalue weighted by Crippen LogP contribution is -2.46. The first-order valence-electron chi connectivity index (χ1n) is 11.6. The highest BCUT2D eigenvalue weighted by Crippen LogP contribution is 2.34. The average molecular weight is 477 g/mol. The Kier molecular flexibility index (Phi) is 5.59. The zero-order valence-electron chi connectivity index (χ0n) is 18.7. The first kappa shape index (κ1) is 21.4. The van der Waals surface area contributed by atoms with Gasteiger partial charge in [-0.1, -0.05) is 29.8 Å². The van der Waals surface area contributed by atoms with Crippen LogP contribution >= 0.6 is 11.6 Å². The third-order valence-corrected chi connectivity index (χ3v) is 7.12. The van der Waals surface area contributed by atoms with E-state index in [1.54, 1.807) is 6.20 Å². The van der Waals surface area contributed by atoms with Crippen LogP contribution in [0.25, 0.3) is 0 Å². The van der Waals surface area contributed by atoms with Crippen molar-refractivity contribution >= 4 is 23.3 Å². The van der Waals surface area contributed by atoms with E-state index in [-0.39, 0.29) is 11.7 Å². The number of ketones is 1. The standard InChI is InChI=1S/C26H25ClN4O3/c27-20-4-2-18(3-5-20)19-12-22-21(23(32)13-19)14-28-26(29-22)31-9-7-30(8-10-31)15-17-1-6-24-25(11-17)34-16-33-24/h1-6,11,14,19H,7-10,12-13,15-16H2/t19-/m0/s1. The Labute approximate surface area is 203 Å². The van der Waals surface area contributed by atoms with Gasteiger partial charge in [0.15, 0.2) is 17.3 Å². The molecule has 0 amide bonds. The molecular formula is C26H25ClN4O3. The highest BCUT2D eigenvalue weighted by Gasteiger charge is 2.29. The van der Waals surface area contributed by atoms with E-state index < -0.39 is 0 Å². The fraction of sp³-hybridized carbons (Fsp3) is 0.346. The Balaban J connectivity index is 1.12. The maximum absolute atomic E-state index is 12.8. The van der Waals surface area contributed by atoms with Gasteiger partial charge in [-0.05, 0) is 47.7 Å². The monoisotopic (exact) mass is 476 g/mol. The Hall–Kier alpha value is -3.16. The molecular weight excluding hydrogens is 452 g/mol. The molecule has 1 saturated heterocycles. The number of aromatic nitrogens is 2. The van der Waals surface area contributed by atoms with Crippen LogP contribution in [0.5, 0.6) is 11.5 Å². The summed E-state index contributed by atoms with van der Waals surface area (Å²) in [6.07, 6.45) is 2.94. The Bertz CT molecular complexity index is 1230. The molecule has 7 nitrogen and oxygen atoms in total. The van der Waals surface area contributed by atoms with E-state index in [1.165, 1.54) is 5.56 Å². The van der Waals surface area contributed by atoms with Gasteiger partial charge >= 0.3 is 0 Å². The number of Topliss-reactive ketones (excluding diaryl/α,β-unsaturated/α-hetero) is 1. The number of hydrogen-bond donors (Lipinski definition) is 0. The van der Waals surface area contributed by atoms with E-state index in [0.29, 0.717) is 29.7 Å². The smallest absolute Gasteiger partial charge is 0.231 e. The predicted octanol–water partition coefficient (Wildman–Crippen LogP) is 4.09. The third-order valence-electron chi connectivity index (χ3n) is 6.87. The van der Waals surface area contributed by atoms with E-state index in [0.717, 1.165) is 61.9 Å². The summed E-state index contributed by atoms with van der Waals surface area (Å²) >= 11 is 6.04. The summed E-state index contributed by atoms with van der Waals surface area (Å²) in [5.41, 5.74) is 3.86. The minimum Gasteiger partial charge on any atom is -0.454 e. The number of hydrogen-bond acceptors (Lipinski definition) is 7. The molecule has 0 radical (unpaired) electrons. The van der Waals surface area contributed by atoms with Crippen LogP contribution in [-0.4, -0.2) is 53.6 Å². The molecule has 0 saturated carbocycles. The first-order valence-corrected chi connectivity index (χ1v) is 12.0. The van der Waals surface area contributed by atoms with Crippen molar-refractivity contribution in [1.82, 2.24) is 14.9 Å². The molecule has 3 aliphatic rings. The number of fused-ring (bicyclic) bond motifs is 2. The Morgan fingerprint density at radius 2 is 1.76 bits per heavy atom. The van der Waals surface area contributed by atoms with Crippen molar-refractivity contribution in [3.63, 3.8) is 0 Å². The van der Waals surface area contributed by atoms with Crippen molar-refractivity contribution in [2.75, 3.05) is 37.9 Å². The van der Waals surface area contributed by atoms with Gasteiger partial charge in [0.25, 0.3) is 0 Å². The minimum absolute atomic E-state index is 0.112. The summed E-state index contributed by atoms with van der Waals surface area (Å²) in [6, 6.07) is 13.9. The van der Waals surface area contributed by atoms with Gasteiger partial charge in [-0.2, -0.15) is 0 Å². The number of anilines is 1. The molecule has 174 valence electrons. The highest BCUT2D eigenvalue weighted by molar-refractivity contribution is 6.30. The van der Waals surface area contributed by atoms with Gasteiger partial charge in [0.1, 0.15) is 0 Å². The van der Waals surface area contributed by atoms with Crippen molar-refractivity contribution in [2.24, 2.45) is 0 Å². The molecule has 1 aliphatic carbocycles. The van der Waals surface area contributed by atoms with E-state index in [9.17, 15) is 4.79 Å². The molecule has 0 spiro atoms. The predicted molar refractivity (Wildman–Crippen MR) is 129 cm³/mol. The van der Waals surface area contributed by atoms with Crippen molar-refractivity contribution < 1.29 is 14.3 Å². The van der Waals surface area contributed by atoms with Gasteiger partial charge in [-0.3, -0.25) is 9.69 Å². The van der Waals surface area contributed by atoms with E-state index in [1.807, 2.05) is 30.3 Å². The normalized spacial score (nSPS) is 19.9. The number of benzene rings is 2. The van der Waals surface area contributed by atoms with E-state index in [4.69, 9.17) is 26.1 Å². The van der Waals surface area contributed by atoms with Gasteiger partial charge < -0.3 is 14.4 Å². The Morgan fingerprint density at radius 1 is 0.971 bits per heavy atom. The lowest BCUT2D eigenvalue weighted by atomic mass is 9.82. The highest BCUT2D eigenvalue weighted by atomic mass is 35.5. The number of halogens is 1. The fourth-order valence-corrected chi connectivity index (χ4v) is 5.09. The third kappa shape index (κ3) is 4.21. The zero-order valence-corrected chi connectivity index (χ0v) is 19.5. The lowest BCUT2D eigenvalue weighted by Gasteiger charge is -2.35. The molecule has 1 atom stereocenters. The van der Waals surface area contributed by atoms with Gasteiger partial charge in [-0.15, -0.1) is 0 Å². The summed E-state index contributed by atoms with van der Waals surface area (Å²) < 4.78 is 10.9. The van der Waals surface area contributed by atoms with Crippen LogP contribution in [0, 0.1) is 0 Å². The second-order valence-electron chi connectivity index (χ2n) is 9.06. The molecule has 0 unspecified atom stereocenters. The van der Waals surface area contributed by atoms with E-state index in [2.05, 4.69) is 26.9 Å². The number of ether oxygens (including phenoxy) is 2. The molecule has 1 aromatic heterocycles. The first-order chi connectivity index (χ1) is 16.6. The summed E-state index contributed by atoms with van der Waals surface area (Å²) in [5, 5.41) is 0.702. The molecule has 1 fully saturated rings. The second kappa shape index (κ2) is 8.89. The van der Waals surface area contributed by atoms with Gasteiger partial charge in [0.05, 0.1) is 11.3 Å². The maximum atomic E-state index is 12.8. The lowest BCUT2D eigenvalue weighted by molar-refractivity contribution is 0.0962. The molecule has 3 aromatic rings. The molecule has 2 aromatic carbocycles. The SMILES string of the molecule is O=C1C[C@@H](c2ccc(Cl)cc2)Cc2nc(N3CCN(Cc4ccc5c(c4)OCO5)CC3)ncc21. The molecule has 0 N–H and O–H groups in total. The quantitative estimate of drug-likeness (QED) is 0.561. The molecule has 8 heteroatoms. The second-order valence-corrected chi connectivity index (χ2v) is 9.50. The van der Waals surface area contributed by atoms with Crippen LogP contribution in [0.3, 0.4) is 0 Å². The topological polar surface area (TPSA) is 67.8 Å². The average Bonchev–Trinajstić information content (AvgIpc) is 3.33. The van der Waals surface area contributed by atoms with Crippen molar-refractivity contribution in [1.29, 1.82) is 0 Å². The molecule has 2 aliphatic heterocycles. The summed E-state index contributed by atoms with van der Waals surface area (Å²) in [7, 11) is 0. The number of carbonyl (C=O) groups excluding carboxylic acids is 1. The van der Waals surface area contributed by atoms with Crippen molar-refractivity contribution in [3.05, 3.63) is 76.1 Å². The van der Waals surface area contributed by atoms with Crippen LogP contribution in [0.1, 0.15) is 39.5 Å². The molecule has 3 heterocycles. The van der Waals surface area contributed by atoms with Gasteiger partial charge in [0, 0.05) is 50.4 Å². The maximum Gasteiger partial charge on any atom is 0.231 e. The number of carbonyl (C=O) groups is 1. The van der Waals surface area contributed by atoms with Crippen LogP contribution in [0.15, 0.2) is 48.7 Å². The zero-order chi connectivity index (χ0) is 23.1. The number of nitrogens with zero attached hydrogens (tertiary/aromatic N) is 4. The van der Waals surface area contributed by atoms with Crippen LogP contribution < -0.4 is 14.4 Å². The van der Waals surface area contributed by atoms with Gasteiger partial charge in [0.2, 0.25) is 12.7 Å². The molecule has 34 heavy (non-hydrogen) atoms. The molecule has 0 bridgehead atoms.